The molecule has 0 unspecified atom stereocenters. The summed E-state index contributed by atoms with van der Waals surface area (Å²) in [5, 5.41) is 11.8. The maximum atomic E-state index is 13.2. The van der Waals surface area contributed by atoms with Crippen molar-refractivity contribution < 1.29 is 14.5 Å². The van der Waals surface area contributed by atoms with Gasteiger partial charge in [0.2, 0.25) is 0 Å². The second-order valence-corrected chi connectivity index (χ2v) is 11.5. The zero-order valence-electron chi connectivity index (χ0n) is 25.2. The van der Waals surface area contributed by atoms with Gasteiger partial charge < -0.3 is 14.9 Å². The molecule has 42 heavy (non-hydrogen) atoms. The van der Waals surface area contributed by atoms with E-state index in [1.165, 1.54) is 0 Å². The first kappa shape index (κ1) is 31.3. The molecule has 0 bridgehead atoms. The largest absolute Gasteiger partial charge is 0.491 e. The highest BCUT2D eigenvalue weighted by atomic mass is 35.5. The third-order valence-corrected chi connectivity index (χ3v) is 7.98. The summed E-state index contributed by atoms with van der Waals surface area (Å²) in [4.78, 5) is 26.0. The number of rotatable bonds is 8. The first-order valence-electron chi connectivity index (χ1n) is 14.3. The fourth-order valence-corrected chi connectivity index (χ4v) is 5.46. The number of unbranched alkanes of at least 4 members (excludes halogenated alkanes) is 2. The minimum absolute atomic E-state index is 0.0794. The molecular formula is C32H39Cl2N6O2+. The Kier molecular flexibility index (Phi) is 10.1. The average molecular weight is 611 g/mol. The van der Waals surface area contributed by atoms with Crippen LogP contribution in [0.15, 0.2) is 103 Å². The van der Waals surface area contributed by atoms with Crippen molar-refractivity contribution >= 4 is 40.5 Å². The second kappa shape index (κ2) is 13.6. The van der Waals surface area contributed by atoms with E-state index in [1.807, 2.05) is 79.3 Å². The number of hydrogen-bond acceptors (Lipinski definition) is 5. The zero-order valence-corrected chi connectivity index (χ0v) is 26.7. The van der Waals surface area contributed by atoms with Gasteiger partial charge in [-0.3, -0.25) is 4.79 Å². The molecule has 0 spiro atoms. The molecule has 1 aromatic heterocycles. The highest BCUT2D eigenvalue weighted by molar-refractivity contribution is 6.38. The van der Waals surface area contributed by atoms with Gasteiger partial charge in [-0.15, -0.1) is 0 Å². The molecule has 8 nitrogen and oxygen atoms in total. The SMILES string of the molecule is CCCCN1C=CN(C)/C1=C(O)/N=C1C=C(Cl)/C(=C2/C=C(C)C(=NC(=O)c3n(CCCC)cc[n+]3C)C=C2Cl)C=C\1C. The minimum Gasteiger partial charge on any atom is -0.491 e. The number of imidazole rings is 1. The van der Waals surface area contributed by atoms with Crippen molar-refractivity contribution in [2.24, 2.45) is 17.0 Å². The normalized spacial score (nSPS) is 22.1. The molecule has 1 amide bonds. The Morgan fingerprint density at radius 1 is 0.905 bits per heavy atom. The molecule has 0 fully saturated rings. The molecule has 2 aliphatic carbocycles. The van der Waals surface area contributed by atoms with Gasteiger partial charge in [0.15, 0.2) is 5.82 Å². The zero-order chi connectivity index (χ0) is 30.6. The lowest BCUT2D eigenvalue weighted by molar-refractivity contribution is -0.673. The van der Waals surface area contributed by atoms with Gasteiger partial charge in [-0.05, 0) is 62.1 Å². The van der Waals surface area contributed by atoms with Crippen molar-refractivity contribution in [3.63, 3.8) is 0 Å². The van der Waals surface area contributed by atoms with Crippen LogP contribution in [0.4, 0.5) is 0 Å². The number of amides is 1. The molecule has 0 aromatic carbocycles. The fourth-order valence-electron chi connectivity index (χ4n) is 4.95. The topological polar surface area (TPSA) is 77.3 Å². The summed E-state index contributed by atoms with van der Waals surface area (Å²) < 4.78 is 3.73. The van der Waals surface area contributed by atoms with Crippen molar-refractivity contribution in [2.75, 3.05) is 13.6 Å². The molecule has 4 rings (SSSR count). The van der Waals surface area contributed by atoms with E-state index in [0.29, 0.717) is 33.1 Å². The lowest BCUT2D eigenvalue weighted by Crippen LogP contribution is -2.35. The molecule has 3 aliphatic rings. The van der Waals surface area contributed by atoms with E-state index in [9.17, 15) is 9.90 Å². The molecule has 0 radical (unpaired) electrons. The molecule has 0 atom stereocenters. The van der Waals surface area contributed by atoms with Gasteiger partial charge in [0.25, 0.3) is 5.88 Å². The molecule has 2 heterocycles. The standard InChI is InChI=1S/C32H38Cl2N6O2/c1-7-9-11-39-15-13-37(5)31(39)29(41)35-27-19-25(33)23(17-21(27)3)24-18-22(4)28(20-26(24)34)36-30(42)32-38(6)14-16-40(32)12-10-8-2/h13-20H,7-12H2,1-6H3/p+1/b24-23-,31-29+,35-27+,36-28?. The Morgan fingerprint density at radius 2 is 1.48 bits per heavy atom. The minimum atomic E-state index is -0.323. The van der Waals surface area contributed by atoms with E-state index in [4.69, 9.17) is 23.2 Å². The first-order chi connectivity index (χ1) is 20.0. The lowest BCUT2D eigenvalue weighted by Gasteiger charge is -2.22. The highest BCUT2D eigenvalue weighted by Crippen LogP contribution is 2.35. The molecule has 10 heteroatoms. The molecule has 0 saturated heterocycles. The quantitative estimate of drug-likeness (QED) is 0.260. The maximum Gasteiger partial charge on any atom is 0.360 e. The van der Waals surface area contributed by atoms with Gasteiger partial charge in [0.05, 0.1) is 35.1 Å². The number of aliphatic hydroxyl groups is 1. The number of aliphatic imine (C=N–C) groups is 2. The van der Waals surface area contributed by atoms with Gasteiger partial charge in [0, 0.05) is 37.1 Å². The Bertz CT molecular complexity index is 1550. The van der Waals surface area contributed by atoms with Crippen LogP contribution < -0.4 is 4.57 Å². The number of carbonyl (C=O) groups is 1. The van der Waals surface area contributed by atoms with Crippen molar-refractivity contribution in [2.45, 2.75) is 59.9 Å². The van der Waals surface area contributed by atoms with Crippen LogP contribution in [0.2, 0.25) is 0 Å². The molecule has 222 valence electrons. The second-order valence-electron chi connectivity index (χ2n) is 10.6. The van der Waals surface area contributed by atoms with Crippen LogP contribution in [-0.4, -0.2) is 50.4 Å². The van der Waals surface area contributed by atoms with Gasteiger partial charge in [-0.2, -0.15) is 0 Å². The van der Waals surface area contributed by atoms with Gasteiger partial charge in [-0.25, -0.2) is 19.1 Å². The smallest absolute Gasteiger partial charge is 0.360 e. The van der Waals surface area contributed by atoms with Crippen LogP contribution in [0.1, 0.15) is 64.0 Å². The maximum absolute atomic E-state index is 13.2. The van der Waals surface area contributed by atoms with E-state index in [-0.39, 0.29) is 11.8 Å². The molecule has 1 aliphatic heterocycles. The average Bonchev–Trinajstić information content (AvgIpc) is 3.51. The summed E-state index contributed by atoms with van der Waals surface area (Å²) in [6, 6.07) is 0. The van der Waals surface area contributed by atoms with Crippen LogP contribution in [0.25, 0.3) is 0 Å². The van der Waals surface area contributed by atoms with Crippen molar-refractivity contribution in [3.8, 4) is 0 Å². The number of aliphatic hydroxyl groups excluding tert-OH is 1. The number of nitrogens with zero attached hydrogens (tertiary/aromatic N) is 6. The predicted molar refractivity (Wildman–Crippen MR) is 170 cm³/mol. The Labute approximate surface area is 258 Å². The van der Waals surface area contributed by atoms with E-state index in [2.05, 4.69) is 23.8 Å². The van der Waals surface area contributed by atoms with Crippen LogP contribution in [-0.2, 0) is 13.6 Å². The van der Waals surface area contributed by atoms with Crippen LogP contribution in [0.5, 0.6) is 0 Å². The summed E-state index contributed by atoms with van der Waals surface area (Å²) in [6.45, 7) is 9.61. The molecule has 0 saturated carbocycles. The summed E-state index contributed by atoms with van der Waals surface area (Å²) in [6.07, 6.45) is 18.9. The van der Waals surface area contributed by atoms with Gasteiger partial charge in [-0.1, -0.05) is 49.9 Å². The molecular weight excluding hydrogens is 571 g/mol. The predicted octanol–water partition coefficient (Wildman–Crippen LogP) is 6.80. The summed E-state index contributed by atoms with van der Waals surface area (Å²) in [5.74, 6) is 0.745. The van der Waals surface area contributed by atoms with Crippen molar-refractivity contribution in [1.82, 2.24) is 14.4 Å². The van der Waals surface area contributed by atoms with Crippen molar-refractivity contribution in [3.05, 3.63) is 99.0 Å². The number of halogens is 2. The number of carbonyl (C=O) groups excluding carboxylic acids is 1. The van der Waals surface area contributed by atoms with E-state index in [1.54, 1.807) is 16.7 Å². The third kappa shape index (κ3) is 6.71. The molecule has 1 N–H and O–H groups in total. The number of aromatic nitrogens is 2. The van der Waals surface area contributed by atoms with Crippen LogP contribution in [0, 0.1) is 0 Å². The van der Waals surface area contributed by atoms with E-state index in [0.717, 1.165) is 61.1 Å². The third-order valence-electron chi connectivity index (χ3n) is 7.36. The monoisotopic (exact) mass is 609 g/mol. The first-order valence-corrected chi connectivity index (χ1v) is 15.1. The number of aryl methyl sites for hydroxylation is 2. The lowest BCUT2D eigenvalue weighted by atomic mass is 9.92. The molecule has 1 aromatic rings. The number of hydrogen-bond donors (Lipinski definition) is 1. The highest BCUT2D eigenvalue weighted by Gasteiger charge is 2.26. The van der Waals surface area contributed by atoms with E-state index < -0.39 is 0 Å². The Balaban J connectivity index is 1.63. The Morgan fingerprint density at radius 3 is 2.07 bits per heavy atom. The van der Waals surface area contributed by atoms with E-state index >= 15 is 0 Å². The summed E-state index contributed by atoms with van der Waals surface area (Å²) in [7, 11) is 3.72. The number of allylic oxidation sites excluding steroid dienone is 10. The van der Waals surface area contributed by atoms with Gasteiger partial charge in [0.1, 0.15) is 12.4 Å². The Hall–Kier alpha value is -3.62. The summed E-state index contributed by atoms with van der Waals surface area (Å²) >= 11 is 13.5. The van der Waals surface area contributed by atoms with Crippen LogP contribution in [0.3, 0.4) is 0 Å². The fraction of sp³-hybridized carbons (Fsp3) is 0.375. The summed E-state index contributed by atoms with van der Waals surface area (Å²) in [5.41, 5.74) is 4.16. The van der Waals surface area contributed by atoms with Gasteiger partial charge >= 0.3 is 11.7 Å². The van der Waals surface area contributed by atoms with Crippen molar-refractivity contribution in [1.29, 1.82) is 0 Å². The van der Waals surface area contributed by atoms with Crippen LogP contribution >= 0.6 is 23.2 Å².